The van der Waals surface area contributed by atoms with Crippen LogP contribution in [-0.4, -0.2) is 37.1 Å². The molecule has 0 saturated carbocycles. The molecular weight excluding hydrogens is 300 g/mol. The Balaban J connectivity index is 1.75. The first-order valence-corrected chi connectivity index (χ1v) is 8.31. The average molecular weight is 320 g/mol. The van der Waals surface area contributed by atoms with Crippen LogP contribution in [0.15, 0.2) is 60.8 Å². The molecule has 1 N–H and O–H groups in total. The zero-order chi connectivity index (χ0) is 16.4. The quantitative estimate of drug-likeness (QED) is 0.865. The highest BCUT2D eigenvalue weighted by molar-refractivity contribution is 6.21. The molecule has 0 aromatic heterocycles. The molecule has 2 heterocycles. The zero-order valence-corrected chi connectivity index (χ0v) is 13.4. The number of nitrogens with one attached hydrogen (secondary N) is 1. The number of rotatable bonds is 2. The smallest absolute Gasteiger partial charge is 0.254 e. The summed E-state index contributed by atoms with van der Waals surface area (Å²) in [7, 11) is 0. The van der Waals surface area contributed by atoms with E-state index < -0.39 is 0 Å². The molecule has 2 aliphatic heterocycles. The summed E-state index contributed by atoms with van der Waals surface area (Å²) in [4.78, 5) is 14.9. The predicted molar refractivity (Wildman–Crippen MR) is 93.2 cm³/mol. The van der Waals surface area contributed by atoms with Gasteiger partial charge in [0.25, 0.3) is 5.91 Å². The van der Waals surface area contributed by atoms with E-state index in [-0.39, 0.29) is 11.9 Å². The van der Waals surface area contributed by atoms with Gasteiger partial charge in [-0.05, 0) is 16.7 Å². The van der Waals surface area contributed by atoms with Crippen molar-refractivity contribution in [2.75, 3.05) is 26.3 Å². The first kappa shape index (κ1) is 15.0. The van der Waals surface area contributed by atoms with Crippen molar-refractivity contribution in [1.82, 2.24) is 10.2 Å². The molecule has 24 heavy (non-hydrogen) atoms. The third-order valence-electron chi connectivity index (χ3n) is 4.57. The Labute approximate surface area is 141 Å². The predicted octanol–water partition coefficient (Wildman–Crippen LogP) is 2.58. The Hall–Kier alpha value is -2.59. The molecule has 4 nitrogen and oxygen atoms in total. The number of carbonyl (C=O) groups is 1. The lowest BCUT2D eigenvalue weighted by molar-refractivity contribution is -0.116. The van der Waals surface area contributed by atoms with E-state index in [1.807, 2.05) is 42.6 Å². The van der Waals surface area contributed by atoms with Crippen LogP contribution in [0, 0.1) is 0 Å². The third-order valence-corrected chi connectivity index (χ3v) is 4.57. The number of hydrogen-bond donors (Lipinski definition) is 1. The number of morpholine rings is 1. The second-order valence-electron chi connectivity index (χ2n) is 6.10. The van der Waals surface area contributed by atoms with Gasteiger partial charge in [-0.15, -0.1) is 0 Å². The molecule has 0 radical (unpaired) electrons. The minimum Gasteiger partial charge on any atom is -0.378 e. The molecule has 4 rings (SSSR count). The second-order valence-corrected chi connectivity index (χ2v) is 6.10. The number of nitrogens with zero attached hydrogens (tertiary/aromatic N) is 1. The highest BCUT2D eigenvalue weighted by atomic mass is 16.5. The molecule has 4 heteroatoms. The van der Waals surface area contributed by atoms with Gasteiger partial charge in [0.05, 0.1) is 24.8 Å². The summed E-state index contributed by atoms with van der Waals surface area (Å²) in [6.07, 6.45) is 1.98. The molecular formula is C20H20N2O2. The van der Waals surface area contributed by atoms with Crippen LogP contribution in [0.25, 0.3) is 5.57 Å². The highest BCUT2D eigenvalue weighted by Crippen LogP contribution is 2.34. The van der Waals surface area contributed by atoms with Crippen molar-refractivity contribution in [3.05, 3.63) is 77.5 Å². The van der Waals surface area contributed by atoms with Gasteiger partial charge in [-0.25, -0.2) is 0 Å². The molecule has 1 amide bonds. The fraction of sp³-hybridized carbons (Fsp3) is 0.250. The second kappa shape index (κ2) is 6.49. The molecule has 0 bridgehead atoms. The van der Waals surface area contributed by atoms with Crippen LogP contribution in [0.2, 0.25) is 0 Å². The molecule has 2 aromatic carbocycles. The largest absolute Gasteiger partial charge is 0.378 e. The van der Waals surface area contributed by atoms with E-state index in [2.05, 4.69) is 28.4 Å². The van der Waals surface area contributed by atoms with Crippen molar-refractivity contribution in [3.63, 3.8) is 0 Å². The summed E-state index contributed by atoms with van der Waals surface area (Å²) >= 11 is 0. The van der Waals surface area contributed by atoms with Gasteiger partial charge in [0.2, 0.25) is 0 Å². The Morgan fingerprint density at radius 3 is 2.50 bits per heavy atom. The van der Waals surface area contributed by atoms with Crippen molar-refractivity contribution in [2.45, 2.75) is 6.04 Å². The normalized spacial score (nSPS) is 22.2. The summed E-state index contributed by atoms with van der Waals surface area (Å²) in [6, 6.07) is 18.2. The van der Waals surface area contributed by atoms with E-state index in [9.17, 15) is 4.79 Å². The van der Waals surface area contributed by atoms with E-state index >= 15 is 0 Å². The zero-order valence-electron chi connectivity index (χ0n) is 13.4. The summed E-state index contributed by atoms with van der Waals surface area (Å²) in [5, 5.41) is 3.16. The lowest BCUT2D eigenvalue weighted by Crippen LogP contribution is -2.37. The Kier molecular flexibility index (Phi) is 4.05. The van der Waals surface area contributed by atoms with Crippen molar-refractivity contribution in [3.8, 4) is 0 Å². The van der Waals surface area contributed by atoms with Crippen molar-refractivity contribution >= 4 is 11.5 Å². The van der Waals surface area contributed by atoms with Crippen molar-refractivity contribution in [1.29, 1.82) is 0 Å². The van der Waals surface area contributed by atoms with Crippen molar-refractivity contribution < 1.29 is 9.53 Å². The van der Waals surface area contributed by atoms with Gasteiger partial charge >= 0.3 is 0 Å². The maximum Gasteiger partial charge on any atom is 0.254 e. The number of benzene rings is 2. The molecule has 122 valence electrons. The standard InChI is InChI=1S/C20H20N2O2/c23-20-18(14-22-10-12-24-13-11-22)16-8-4-5-9-17(16)19(21-20)15-6-2-1-3-7-15/h1-9,14,19H,10-13H2,(H,21,23)/b18-14-/t19-/m0/s1. The van der Waals surface area contributed by atoms with Gasteiger partial charge in [-0.2, -0.15) is 0 Å². The first-order chi connectivity index (χ1) is 11.8. The summed E-state index contributed by atoms with van der Waals surface area (Å²) < 4.78 is 5.39. The van der Waals surface area contributed by atoms with E-state index in [0.717, 1.165) is 35.4 Å². The van der Waals surface area contributed by atoms with Gasteiger partial charge in [0.1, 0.15) is 0 Å². The Bertz CT molecular complexity index is 764. The van der Waals surface area contributed by atoms with E-state index in [1.165, 1.54) is 0 Å². The van der Waals surface area contributed by atoms with Gasteiger partial charge in [0.15, 0.2) is 0 Å². The molecule has 2 aliphatic rings. The van der Waals surface area contributed by atoms with Gasteiger partial charge < -0.3 is 15.0 Å². The van der Waals surface area contributed by atoms with Gasteiger partial charge in [-0.1, -0.05) is 54.6 Å². The molecule has 0 spiro atoms. The highest BCUT2D eigenvalue weighted by Gasteiger charge is 2.29. The van der Waals surface area contributed by atoms with Gasteiger partial charge in [-0.3, -0.25) is 4.79 Å². The molecule has 1 atom stereocenters. The maximum absolute atomic E-state index is 12.8. The molecule has 0 aliphatic carbocycles. The number of ether oxygens (including phenoxy) is 1. The van der Waals surface area contributed by atoms with Crippen LogP contribution < -0.4 is 5.32 Å². The molecule has 2 aromatic rings. The Morgan fingerprint density at radius 2 is 1.71 bits per heavy atom. The third kappa shape index (κ3) is 2.81. The lowest BCUT2D eigenvalue weighted by atomic mass is 9.87. The van der Waals surface area contributed by atoms with E-state index in [4.69, 9.17) is 4.74 Å². The lowest BCUT2D eigenvalue weighted by Gasteiger charge is -2.31. The van der Waals surface area contributed by atoms with Gasteiger partial charge in [0, 0.05) is 19.3 Å². The molecule has 1 fully saturated rings. The summed E-state index contributed by atoms with van der Waals surface area (Å²) in [5.41, 5.74) is 3.99. The number of amides is 1. The van der Waals surface area contributed by atoms with Crippen LogP contribution in [0.5, 0.6) is 0 Å². The minimum atomic E-state index is -0.100. The average Bonchev–Trinajstić information content (AvgIpc) is 2.65. The maximum atomic E-state index is 12.8. The van der Waals surface area contributed by atoms with Crippen LogP contribution in [-0.2, 0) is 9.53 Å². The number of hydrogen-bond acceptors (Lipinski definition) is 3. The minimum absolute atomic E-state index is 0.0194. The number of carbonyl (C=O) groups excluding carboxylic acids is 1. The Morgan fingerprint density at radius 1 is 1.00 bits per heavy atom. The SMILES string of the molecule is O=C1N[C@@H](c2ccccc2)c2ccccc2/C1=C/N1CCOCC1. The fourth-order valence-electron chi connectivity index (χ4n) is 3.33. The van der Waals surface area contributed by atoms with Crippen LogP contribution in [0.3, 0.4) is 0 Å². The van der Waals surface area contributed by atoms with Crippen LogP contribution in [0.4, 0.5) is 0 Å². The van der Waals surface area contributed by atoms with Crippen LogP contribution in [0.1, 0.15) is 22.7 Å². The molecule has 1 saturated heterocycles. The number of fused-ring (bicyclic) bond motifs is 1. The fourth-order valence-corrected chi connectivity index (χ4v) is 3.33. The summed E-state index contributed by atoms with van der Waals surface area (Å²) in [5.74, 6) is -0.0194. The first-order valence-electron chi connectivity index (χ1n) is 8.31. The topological polar surface area (TPSA) is 41.6 Å². The van der Waals surface area contributed by atoms with E-state index in [0.29, 0.717) is 13.2 Å². The van der Waals surface area contributed by atoms with Crippen LogP contribution >= 0.6 is 0 Å². The summed E-state index contributed by atoms with van der Waals surface area (Å²) in [6.45, 7) is 3.06. The van der Waals surface area contributed by atoms with E-state index in [1.54, 1.807) is 0 Å². The monoisotopic (exact) mass is 320 g/mol. The van der Waals surface area contributed by atoms with Crippen molar-refractivity contribution in [2.24, 2.45) is 0 Å². The molecule has 0 unspecified atom stereocenters.